The molecule has 2 rings (SSSR count). The maximum absolute atomic E-state index is 10.4. The molecule has 0 aliphatic heterocycles. The van der Waals surface area contributed by atoms with E-state index < -0.39 is 5.97 Å². The third-order valence-corrected chi connectivity index (χ3v) is 2.45. The lowest BCUT2D eigenvalue weighted by Crippen LogP contribution is -2.08. The molecule has 94 valence electrons. The second-order valence-corrected chi connectivity index (χ2v) is 3.85. The molecule has 7 heteroatoms. The van der Waals surface area contributed by atoms with Crippen LogP contribution in [-0.4, -0.2) is 36.3 Å². The summed E-state index contributed by atoms with van der Waals surface area (Å²) in [6.07, 6.45) is 4.69. The normalized spacial score (nSPS) is 10.4. The van der Waals surface area contributed by atoms with Gasteiger partial charge >= 0.3 is 5.97 Å². The van der Waals surface area contributed by atoms with E-state index in [9.17, 15) is 4.79 Å². The predicted octanol–water partition coefficient (Wildman–Crippen LogP) is 0.524. The van der Waals surface area contributed by atoms with Gasteiger partial charge in [0.15, 0.2) is 5.82 Å². The van der Waals surface area contributed by atoms with E-state index in [2.05, 4.69) is 20.5 Å². The number of nitrogens with zero attached hydrogens (tertiary/aromatic N) is 5. The minimum absolute atomic E-state index is 0.117. The number of aryl methyl sites for hydroxylation is 1. The lowest BCUT2D eigenvalue weighted by molar-refractivity contribution is -0.137. The maximum atomic E-state index is 10.4. The molecule has 0 aliphatic carbocycles. The van der Waals surface area contributed by atoms with Crippen LogP contribution in [0.2, 0.25) is 0 Å². The average Bonchev–Trinajstić information content (AvgIpc) is 2.78. The van der Waals surface area contributed by atoms with Crippen molar-refractivity contribution in [3.63, 3.8) is 0 Å². The Morgan fingerprint density at radius 3 is 3.06 bits per heavy atom. The smallest absolute Gasteiger partial charge is 0.303 e. The molecule has 0 bridgehead atoms. The summed E-state index contributed by atoms with van der Waals surface area (Å²) in [4.78, 5) is 14.5. The lowest BCUT2D eigenvalue weighted by Gasteiger charge is -2.03. The molecule has 2 aromatic rings. The molecule has 0 aromatic carbocycles. The Kier molecular flexibility index (Phi) is 3.95. The molecule has 7 nitrogen and oxygen atoms in total. The van der Waals surface area contributed by atoms with Gasteiger partial charge in [0.1, 0.15) is 0 Å². The van der Waals surface area contributed by atoms with Gasteiger partial charge in [-0.15, -0.1) is 5.10 Å². The van der Waals surface area contributed by atoms with Crippen molar-refractivity contribution in [3.05, 3.63) is 35.9 Å². The molecule has 0 radical (unpaired) electrons. The summed E-state index contributed by atoms with van der Waals surface area (Å²) in [5.41, 5.74) is 1.02. The summed E-state index contributed by atoms with van der Waals surface area (Å²) < 4.78 is 1.63. The first-order valence-corrected chi connectivity index (χ1v) is 5.61. The summed E-state index contributed by atoms with van der Waals surface area (Å²) in [6, 6.07) is 3.80. The van der Waals surface area contributed by atoms with Gasteiger partial charge in [-0.1, -0.05) is 6.07 Å². The molecular formula is C11H13N5O2. The minimum Gasteiger partial charge on any atom is -0.481 e. The van der Waals surface area contributed by atoms with Crippen molar-refractivity contribution in [3.8, 4) is 0 Å². The van der Waals surface area contributed by atoms with Crippen LogP contribution in [0.15, 0.2) is 24.5 Å². The first kappa shape index (κ1) is 12.2. The van der Waals surface area contributed by atoms with Gasteiger partial charge < -0.3 is 5.11 Å². The summed E-state index contributed by atoms with van der Waals surface area (Å²) in [7, 11) is 0. The van der Waals surface area contributed by atoms with Crippen molar-refractivity contribution < 1.29 is 9.90 Å². The number of carboxylic acid groups (broad SMARTS) is 1. The van der Waals surface area contributed by atoms with Gasteiger partial charge in [0.2, 0.25) is 0 Å². The highest BCUT2D eigenvalue weighted by atomic mass is 16.4. The quantitative estimate of drug-likeness (QED) is 0.800. The average molecular weight is 247 g/mol. The first-order valence-electron chi connectivity index (χ1n) is 5.61. The van der Waals surface area contributed by atoms with Crippen molar-refractivity contribution in [1.82, 2.24) is 25.2 Å². The van der Waals surface area contributed by atoms with E-state index in [1.165, 1.54) is 0 Å². The largest absolute Gasteiger partial charge is 0.481 e. The van der Waals surface area contributed by atoms with E-state index in [1.807, 2.05) is 12.1 Å². The van der Waals surface area contributed by atoms with Gasteiger partial charge in [-0.05, 0) is 28.5 Å². The van der Waals surface area contributed by atoms with E-state index in [4.69, 9.17) is 5.11 Å². The fraction of sp³-hybridized carbons (Fsp3) is 0.364. The van der Waals surface area contributed by atoms with E-state index in [0.717, 1.165) is 5.56 Å². The summed E-state index contributed by atoms with van der Waals surface area (Å²) in [6.45, 7) is 0.509. The molecule has 1 N–H and O–H groups in total. The van der Waals surface area contributed by atoms with Crippen LogP contribution in [-0.2, 0) is 17.8 Å². The molecule has 0 amide bonds. The van der Waals surface area contributed by atoms with Gasteiger partial charge in [0.25, 0.3) is 0 Å². The number of hydrogen-bond donors (Lipinski definition) is 1. The predicted molar refractivity (Wildman–Crippen MR) is 61.7 cm³/mol. The van der Waals surface area contributed by atoms with Crippen molar-refractivity contribution >= 4 is 5.97 Å². The van der Waals surface area contributed by atoms with Crippen molar-refractivity contribution in [2.24, 2.45) is 0 Å². The van der Waals surface area contributed by atoms with Crippen molar-refractivity contribution in [2.75, 3.05) is 0 Å². The van der Waals surface area contributed by atoms with Crippen LogP contribution in [0.4, 0.5) is 0 Å². The zero-order chi connectivity index (χ0) is 12.8. The molecular weight excluding hydrogens is 234 g/mol. The summed E-state index contributed by atoms with van der Waals surface area (Å²) in [5.74, 6) is -0.0923. The third kappa shape index (κ3) is 3.34. The Hall–Kier alpha value is -2.31. The highest BCUT2D eigenvalue weighted by Gasteiger charge is 2.07. The molecule has 18 heavy (non-hydrogen) atoms. The van der Waals surface area contributed by atoms with Crippen LogP contribution in [0, 0.1) is 0 Å². The Balaban J connectivity index is 1.97. The summed E-state index contributed by atoms with van der Waals surface area (Å²) >= 11 is 0. The van der Waals surface area contributed by atoms with E-state index >= 15 is 0 Å². The number of carboxylic acids is 1. The van der Waals surface area contributed by atoms with Gasteiger partial charge in [-0.25, -0.2) is 4.68 Å². The van der Waals surface area contributed by atoms with Crippen LogP contribution in [0.25, 0.3) is 0 Å². The maximum Gasteiger partial charge on any atom is 0.303 e. The van der Waals surface area contributed by atoms with Gasteiger partial charge in [-0.2, -0.15) is 0 Å². The van der Waals surface area contributed by atoms with Crippen LogP contribution >= 0.6 is 0 Å². The molecule has 0 saturated heterocycles. The van der Waals surface area contributed by atoms with Crippen molar-refractivity contribution in [1.29, 1.82) is 0 Å². The zero-order valence-electron chi connectivity index (χ0n) is 9.73. The van der Waals surface area contributed by atoms with E-state index in [0.29, 0.717) is 25.2 Å². The van der Waals surface area contributed by atoms with Gasteiger partial charge in [-0.3, -0.25) is 9.78 Å². The number of hydrogen-bond acceptors (Lipinski definition) is 5. The number of tetrazole rings is 1. The van der Waals surface area contributed by atoms with Crippen LogP contribution in [0.3, 0.4) is 0 Å². The molecule has 0 fully saturated rings. The topological polar surface area (TPSA) is 93.8 Å². The number of rotatable bonds is 6. The van der Waals surface area contributed by atoms with Gasteiger partial charge in [0, 0.05) is 31.8 Å². The third-order valence-electron chi connectivity index (χ3n) is 2.45. The molecule has 0 unspecified atom stereocenters. The second kappa shape index (κ2) is 5.85. The fourth-order valence-electron chi connectivity index (χ4n) is 1.59. The first-order chi connectivity index (χ1) is 8.75. The standard InChI is InChI=1S/C11H13N5O2/c17-11(18)4-2-6-16-10(13-14-15-16)7-9-3-1-5-12-8-9/h1,3,5,8H,2,4,6-7H2,(H,17,18). The Labute approximate surface area is 103 Å². The number of pyridine rings is 1. The Morgan fingerprint density at radius 1 is 1.44 bits per heavy atom. The fourth-order valence-corrected chi connectivity index (χ4v) is 1.59. The zero-order valence-corrected chi connectivity index (χ0v) is 9.73. The Morgan fingerprint density at radius 2 is 2.33 bits per heavy atom. The molecule has 0 aliphatic rings. The van der Waals surface area contributed by atoms with Crippen LogP contribution in [0.1, 0.15) is 24.2 Å². The molecule has 0 saturated carbocycles. The Bertz CT molecular complexity index is 511. The van der Waals surface area contributed by atoms with Gasteiger partial charge in [0.05, 0.1) is 0 Å². The van der Waals surface area contributed by atoms with Crippen LogP contribution in [0.5, 0.6) is 0 Å². The minimum atomic E-state index is -0.808. The number of aromatic nitrogens is 5. The van der Waals surface area contributed by atoms with Crippen LogP contribution < -0.4 is 0 Å². The van der Waals surface area contributed by atoms with Crippen molar-refractivity contribution in [2.45, 2.75) is 25.8 Å². The second-order valence-electron chi connectivity index (χ2n) is 3.85. The summed E-state index contributed by atoms with van der Waals surface area (Å²) in [5, 5.41) is 20.0. The highest BCUT2D eigenvalue weighted by molar-refractivity contribution is 5.66. The molecule has 0 atom stereocenters. The molecule has 2 aromatic heterocycles. The highest BCUT2D eigenvalue weighted by Crippen LogP contribution is 2.05. The number of aliphatic carboxylic acids is 1. The SMILES string of the molecule is O=C(O)CCCn1nnnc1Cc1cccnc1. The van der Waals surface area contributed by atoms with E-state index in [1.54, 1.807) is 17.1 Å². The lowest BCUT2D eigenvalue weighted by atomic mass is 10.2. The molecule has 2 heterocycles. The molecule has 0 spiro atoms. The monoisotopic (exact) mass is 247 g/mol. The van der Waals surface area contributed by atoms with E-state index in [-0.39, 0.29) is 6.42 Å². The number of carbonyl (C=O) groups is 1.